The predicted octanol–water partition coefficient (Wildman–Crippen LogP) is 4.86. The maximum atomic E-state index is 13.0. The number of fused-ring (bicyclic) bond motifs is 1. The molecule has 0 fully saturated rings. The van der Waals surface area contributed by atoms with Gasteiger partial charge in [0.25, 0.3) is 5.91 Å². The summed E-state index contributed by atoms with van der Waals surface area (Å²) in [4.78, 5) is 26.2. The second kappa shape index (κ2) is 7.94. The molecule has 2 aromatic heterocycles. The van der Waals surface area contributed by atoms with E-state index in [4.69, 9.17) is 0 Å². The molecule has 0 saturated carbocycles. The minimum absolute atomic E-state index is 0.211. The Morgan fingerprint density at radius 3 is 2.47 bits per heavy atom. The number of amides is 1. The van der Waals surface area contributed by atoms with Crippen molar-refractivity contribution >= 4 is 28.6 Å². The molecule has 152 valence electrons. The summed E-state index contributed by atoms with van der Waals surface area (Å²) in [5, 5.41) is 2.92. The number of aromatic nitrogens is 3. The van der Waals surface area contributed by atoms with Crippen LogP contribution in [0.5, 0.6) is 0 Å². The zero-order chi connectivity index (χ0) is 21.3. The Morgan fingerprint density at radius 2 is 1.80 bits per heavy atom. The molecule has 0 aliphatic heterocycles. The zero-order valence-corrected chi connectivity index (χ0v) is 17.0. The lowest BCUT2D eigenvalue weighted by molar-refractivity contribution is 0.102. The summed E-state index contributed by atoms with van der Waals surface area (Å²) in [6.07, 6.45) is 1.47. The maximum Gasteiger partial charge on any atom is 0.255 e. The van der Waals surface area contributed by atoms with E-state index in [9.17, 15) is 9.18 Å². The van der Waals surface area contributed by atoms with Crippen molar-refractivity contribution in [3.05, 3.63) is 72.3 Å². The van der Waals surface area contributed by atoms with E-state index in [0.717, 1.165) is 28.1 Å². The van der Waals surface area contributed by atoms with Crippen LogP contribution in [0.3, 0.4) is 0 Å². The van der Waals surface area contributed by atoms with E-state index in [0.29, 0.717) is 17.3 Å². The Morgan fingerprint density at radius 1 is 1.07 bits per heavy atom. The Balaban J connectivity index is 1.50. The van der Waals surface area contributed by atoms with Gasteiger partial charge in [-0.2, -0.15) is 4.39 Å². The molecular formula is C23H22FN5O. The fourth-order valence-electron chi connectivity index (χ4n) is 3.05. The van der Waals surface area contributed by atoms with Crippen molar-refractivity contribution in [2.45, 2.75) is 19.9 Å². The van der Waals surface area contributed by atoms with Crippen molar-refractivity contribution in [2.75, 3.05) is 17.3 Å². The van der Waals surface area contributed by atoms with Crippen LogP contribution in [-0.4, -0.2) is 33.9 Å². The lowest BCUT2D eigenvalue weighted by atomic mass is 10.1. The van der Waals surface area contributed by atoms with Crippen molar-refractivity contribution in [3.63, 3.8) is 0 Å². The molecule has 0 saturated heterocycles. The van der Waals surface area contributed by atoms with E-state index in [1.165, 1.54) is 12.3 Å². The summed E-state index contributed by atoms with van der Waals surface area (Å²) < 4.78 is 13.0. The number of carbonyl (C=O) groups excluding carboxylic acids is 1. The molecule has 4 aromatic rings. The molecule has 0 spiro atoms. The topological polar surface area (TPSA) is 73.9 Å². The number of hydrogen-bond donors (Lipinski definition) is 2. The number of hydrogen-bond acceptors (Lipinski definition) is 4. The fraction of sp³-hybridized carbons (Fsp3) is 0.174. The number of nitrogens with zero attached hydrogens (tertiary/aromatic N) is 3. The number of aromatic amines is 1. The largest absolute Gasteiger partial charge is 0.343 e. The van der Waals surface area contributed by atoms with Gasteiger partial charge in [0.1, 0.15) is 0 Å². The number of imidazole rings is 1. The Labute approximate surface area is 173 Å². The van der Waals surface area contributed by atoms with Crippen LogP contribution >= 0.6 is 0 Å². The van der Waals surface area contributed by atoms with E-state index >= 15 is 0 Å². The number of pyridine rings is 1. The predicted molar refractivity (Wildman–Crippen MR) is 117 cm³/mol. The quantitative estimate of drug-likeness (QED) is 0.467. The van der Waals surface area contributed by atoms with Crippen molar-refractivity contribution in [3.8, 4) is 11.1 Å². The van der Waals surface area contributed by atoms with Crippen LogP contribution in [0.4, 0.5) is 16.0 Å². The summed E-state index contributed by atoms with van der Waals surface area (Å²) in [7, 11) is 1.98. The van der Waals surface area contributed by atoms with Crippen LogP contribution < -0.4 is 10.2 Å². The zero-order valence-electron chi connectivity index (χ0n) is 17.0. The minimum Gasteiger partial charge on any atom is -0.343 e. The highest BCUT2D eigenvalue weighted by atomic mass is 19.1. The van der Waals surface area contributed by atoms with E-state index in [1.807, 2.05) is 37.4 Å². The molecule has 2 heterocycles. The summed E-state index contributed by atoms with van der Waals surface area (Å²) in [6, 6.07) is 16.0. The molecule has 2 N–H and O–H groups in total. The Kier molecular flexibility index (Phi) is 5.18. The summed E-state index contributed by atoms with van der Waals surface area (Å²) in [5.74, 6) is 0.0541. The van der Waals surface area contributed by atoms with Gasteiger partial charge in [-0.05, 0) is 61.9 Å². The van der Waals surface area contributed by atoms with Crippen LogP contribution in [0.25, 0.3) is 22.2 Å². The number of halogens is 1. The van der Waals surface area contributed by atoms with Crippen LogP contribution in [0.15, 0.2) is 60.8 Å². The van der Waals surface area contributed by atoms with Gasteiger partial charge in [-0.25, -0.2) is 9.97 Å². The fourth-order valence-corrected chi connectivity index (χ4v) is 3.05. The highest BCUT2D eigenvalue weighted by Gasteiger charge is 2.12. The SMILES string of the molecule is CC(C)N(C)c1nc2ccc(NC(=O)c3ccc(-c4ccc(F)nc4)cc3)cc2[nH]1. The normalized spacial score (nSPS) is 11.1. The van der Waals surface area contributed by atoms with Crippen LogP contribution in [0.1, 0.15) is 24.2 Å². The molecule has 30 heavy (non-hydrogen) atoms. The Hall–Kier alpha value is -3.74. The molecule has 7 heteroatoms. The van der Waals surface area contributed by atoms with Crippen molar-refractivity contribution < 1.29 is 9.18 Å². The monoisotopic (exact) mass is 403 g/mol. The van der Waals surface area contributed by atoms with Crippen molar-refractivity contribution in [1.29, 1.82) is 0 Å². The highest BCUT2D eigenvalue weighted by Crippen LogP contribution is 2.23. The van der Waals surface area contributed by atoms with E-state index in [2.05, 4.69) is 39.0 Å². The van der Waals surface area contributed by atoms with Gasteiger partial charge in [0.05, 0.1) is 11.0 Å². The number of benzene rings is 2. The molecule has 0 aliphatic carbocycles. The first-order chi connectivity index (χ1) is 14.4. The van der Waals surface area contributed by atoms with Gasteiger partial charge >= 0.3 is 0 Å². The van der Waals surface area contributed by atoms with Gasteiger partial charge in [-0.15, -0.1) is 0 Å². The molecule has 0 aliphatic rings. The number of H-pyrrole nitrogens is 1. The lowest BCUT2D eigenvalue weighted by Gasteiger charge is -2.19. The second-order valence-electron chi connectivity index (χ2n) is 7.40. The molecule has 6 nitrogen and oxygen atoms in total. The molecule has 0 radical (unpaired) electrons. The van der Waals surface area contributed by atoms with Gasteiger partial charge < -0.3 is 15.2 Å². The molecule has 0 atom stereocenters. The first kappa shape index (κ1) is 19.6. The van der Waals surface area contributed by atoms with E-state index in [-0.39, 0.29) is 5.91 Å². The molecule has 0 unspecified atom stereocenters. The van der Waals surface area contributed by atoms with Crippen LogP contribution in [0.2, 0.25) is 0 Å². The van der Waals surface area contributed by atoms with Crippen LogP contribution in [0, 0.1) is 5.95 Å². The number of rotatable bonds is 5. The first-order valence-corrected chi connectivity index (χ1v) is 9.66. The highest BCUT2D eigenvalue weighted by molar-refractivity contribution is 6.05. The lowest BCUT2D eigenvalue weighted by Crippen LogP contribution is -2.26. The number of nitrogens with one attached hydrogen (secondary N) is 2. The van der Waals surface area contributed by atoms with Gasteiger partial charge in [-0.3, -0.25) is 4.79 Å². The third kappa shape index (κ3) is 4.00. The van der Waals surface area contributed by atoms with Crippen molar-refractivity contribution in [1.82, 2.24) is 15.0 Å². The minimum atomic E-state index is -0.521. The van der Waals surface area contributed by atoms with Crippen LogP contribution in [-0.2, 0) is 0 Å². The maximum absolute atomic E-state index is 13.0. The summed E-state index contributed by atoms with van der Waals surface area (Å²) >= 11 is 0. The average molecular weight is 403 g/mol. The average Bonchev–Trinajstić information content (AvgIpc) is 3.17. The summed E-state index contributed by atoms with van der Waals surface area (Å²) in [5.41, 5.74) is 4.55. The van der Waals surface area contributed by atoms with E-state index in [1.54, 1.807) is 18.2 Å². The molecule has 2 aromatic carbocycles. The Bertz CT molecular complexity index is 1180. The molecule has 4 rings (SSSR count). The second-order valence-corrected chi connectivity index (χ2v) is 7.40. The van der Waals surface area contributed by atoms with Gasteiger partial charge in [0.15, 0.2) is 0 Å². The molecule has 1 amide bonds. The van der Waals surface area contributed by atoms with Gasteiger partial charge in [-0.1, -0.05) is 12.1 Å². The first-order valence-electron chi connectivity index (χ1n) is 9.66. The summed E-state index contributed by atoms with van der Waals surface area (Å²) in [6.45, 7) is 4.19. The third-order valence-electron chi connectivity index (χ3n) is 5.04. The number of carbonyl (C=O) groups is 1. The molecule has 0 bridgehead atoms. The van der Waals surface area contributed by atoms with Gasteiger partial charge in [0, 0.05) is 36.1 Å². The van der Waals surface area contributed by atoms with E-state index < -0.39 is 5.95 Å². The molecular weight excluding hydrogens is 381 g/mol. The van der Waals surface area contributed by atoms with Gasteiger partial charge in [0.2, 0.25) is 11.9 Å². The smallest absolute Gasteiger partial charge is 0.255 e. The number of anilines is 2. The third-order valence-corrected chi connectivity index (χ3v) is 5.04. The van der Waals surface area contributed by atoms with Crippen molar-refractivity contribution in [2.24, 2.45) is 0 Å². The standard InChI is InChI=1S/C23H22FN5O/c1-14(2)29(3)23-27-19-10-9-18(12-20(19)28-23)26-22(30)16-6-4-15(5-7-16)17-8-11-21(24)25-13-17/h4-14H,1-3H3,(H,26,30)(H,27,28).